The number of primary amides is 1. The van der Waals surface area contributed by atoms with Gasteiger partial charge in [-0.05, 0) is 13.1 Å². The molecule has 5 heteroatoms. The third-order valence-electron chi connectivity index (χ3n) is 2.88. The molecule has 0 spiro atoms. The number of amides is 1. The molecule has 0 aromatic carbocycles. The van der Waals surface area contributed by atoms with Crippen LogP contribution in [0.2, 0.25) is 0 Å². The van der Waals surface area contributed by atoms with Crippen LogP contribution in [0.15, 0.2) is 18.5 Å². The fraction of sp³-hybridized carbons (Fsp3) is 0.455. The lowest BCUT2D eigenvalue weighted by molar-refractivity contribution is 0.1000. The second kappa shape index (κ2) is 4.49. The molecule has 16 heavy (non-hydrogen) atoms. The molecule has 0 bridgehead atoms. The van der Waals surface area contributed by atoms with Crippen molar-refractivity contribution in [3.05, 3.63) is 24.0 Å². The van der Waals surface area contributed by atoms with Gasteiger partial charge < -0.3 is 15.5 Å². The summed E-state index contributed by atoms with van der Waals surface area (Å²) in [6, 6.07) is 1.81. The van der Waals surface area contributed by atoms with E-state index in [1.807, 2.05) is 0 Å². The van der Waals surface area contributed by atoms with E-state index in [2.05, 4.69) is 21.8 Å². The number of anilines is 1. The Bertz CT molecular complexity index is 385. The normalized spacial score (nSPS) is 17.4. The first kappa shape index (κ1) is 10.9. The van der Waals surface area contributed by atoms with Gasteiger partial charge in [0.05, 0.1) is 17.4 Å². The number of nitrogens with zero attached hydrogens (tertiary/aromatic N) is 3. The molecule has 1 aromatic heterocycles. The summed E-state index contributed by atoms with van der Waals surface area (Å²) in [6.45, 7) is 3.97. The highest BCUT2D eigenvalue weighted by Gasteiger charge is 2.15. The van der Waals surface area contributed by atoms with Gasteiger partial charge >= 0.3 is 0 Å². The van der Waals surface area contributed by atoms with E-state index in [0.29, 0.717) is 5.56 Å². The van der Waals surface area contributed by atoms with E-state index in [9.17, 15) is 4.79 Å². The maximum atomic E-state index is 11.0. The third-order valence-corrected chi connectivity index (χ3v) is 2.88. The van der Waals surface area contributed by atoms with E-state index >= 15 is 0 Å². The Kier molecular flexibility index (Phi) is 3.05. The summed E-state index contributed by atoms with van der Waals surface area (Å²) in [6.07, 6.45) is 3.28. The van der Waals surface area contributed by atoms with Gasteiger partial charge in [0, 0.05) is 32.4 Å². The van der Waals surface area contributed by atoms with Gasteiger partial charge in [-0.1, -0.05) is 0 Å². The van der Waals surface area contributed by atoms with Gasteiger partial charge in [-0.25, -0.2) is 0 Å². The smallest absolute Gasteiger partial charge is 0.250 e. The molecule has 0 atom stereocenters. The Morgan fingerprint density at radius 1 is 1.31 bits per heavy atom. The van der Waals surface area contributed by atoms with Gasteiger partial charge in [0.15, 0.2) is 0 Å². The summed E-state index contributed by atoms with van der Waals surface area (Å²) in [5, 5.41) is 0. The van der Waals surface area contributed by atoms with Gasteiger partial charge in [-0.2, -0.15) is 0 Å². The standard InChI is InChI=1S/C11H16N4O/c1-14-2-4-15(5-3-14)10-6-9(11(12)16)7-13-8-10/h6-8H,2-5H2,1H3,(H2,12,16). The topological polar surface area (TPSA) is 62.5 Å². The molecule has 0 saturated carbocycles. The largest absolute Gasteiger partial charge is 0.368 e. The van der Waals surface area contributed by atoms with E-state index in [4.69, 9.17) is 5.73 Å². The van der Waals surface area contributed by atoms with Crippen LogP contribution in [0.4, 0.5) is 5.69 Å². The van der Waals surface area contributed by atoms with Crippen molar-refractivity contribution >= 4 is 11.6 Å². The minimum atomic E-state index is -0.427. The third kappa shape index (κ3) is 2.30. The van der Waals surface area contributed by atoms with Crippen molar-refractivity contribution in [2.24, 2.45) is 5.73 Å². The SMILES string of the molecule is CN1CCN(c2cncc(C(N)=O)c2)CC1. The van der Waals surface area contributed by atoms with Crippen LogP contribution in [0, 0.1) is 0 Å². The lowest BCUT2D eigenvalue weighted by Gasteiger charge is -2.33. The number of pyridine rings is 1. The molecule has 0 unspecified atom stereocenters. The monoisotopic (exact) mass is 220 g/mol. The van der Waals surface area contributed by atoms with Crippen molar-refractivity contribution in [2.45, 2.75) is 0 Å². The minimum Gasteiger partial charge on any atom is -0.368 e. The highest BCUT2D eigenvalue weighted by molar-refractivity contribution is 5.93. The van der Waals surface area contributed by atoms with Gasteiger partial charge in [-0.15, -0.1) is 0 Å². The molecule has 1 aliphatic heterocycles. The van der Waals surface area contributed by atoms with Crippen LogP contribution in [0.25, 0.3) is 0 Å². The zero-order valence-corrected chi connectivity index (χ0v) is 9.39. The van der Waals surface area contributed by atoms with E-state index < -0.39 is 5.91 Å². The van der Waals surface area contributed by atoms with Crippen molar-refractivity contribution in [1.82, 2.24) is 9.88 Å². The summed E-state index contributed by atoms with van der Waals surface area (Å²) in [5.74, 6) is -0.427. The van der Waals surface area contributed by atoms with E-state index in [0.717, 1.165) is 31.9 Å². The molecule has 1 fully saturated rings. The molecule has 1 aromatic rings. The molecule has 0 radical (unpaired) electrons. The van der Waals surface area contributed by atoms with Crippen LogP contribution < -0.4 is 10.6 Å². The van der Waals surface area contributed by atoms with Gasteiger partial charge in [0.1, 0.15) is 0 Å². The van der Waals surface area contributed by atoms with Gasteiger partial charge in [-0.3, -0.25) is 9.78 Å². The number of carbonyl (C=O) groups excluding carboxylic acids is 1. The summed E-state index contributed by atoms with van der Waals surface area (Å²) in [5.41, 5.74) is 6.67. The first-order valence-electron chi connectivity index (χ1n) is 5.35. The second-order valence-electron chi connectivity index (χ2n) is 4.09. The number of rotatable bonds is 2. The predicted octanol–water partition coefficient (Wildman–Crippen LogP) is -0.0677. The number of aromatic nitrogens is 1. The molecule has 5 nitrogen and oxygen atoms in total. The zero-order valence-electron chi connectivity index (χ0n) is 9.39. The quantitative estimate of drug-likeness (QED) is 0.758. The summed E-state index contributed by atoms with van der Waals surface area (Å²) >= 11 is 0. The minimum absolute atomic E-state index is 0.427. The van der Waals surface area contributed by atoms with Crippen LogP contribution >= 0.6 is 0 Å². The highest BCUT2D eigenvalue weighted by Crippen LogP contribution is 2.15. The molecule has 2 N–H and O–H groups in total. The summed E-state index contributed by atoms with van der Waals surface area (Å²) < 4.78 is 0. The average Bonchev–Trinajstić information content (AvgIpc) is 2.30. The second-order valence-corrected chi connectivity index (χ2v) is 4.09. The van der Waals surface area contributed by atoms with Crippen LogP contribution in [0.3, 0.4) is 0 Å². The Morgan fingerprint density at radius 2 is 2.00 bits per heavy atom. The summed E-state index contributed by atoms with van der Waals surface area (Å²) in [4.78, 5) is 19.6. The number of nitrogens with two attached hydrogens (primary N) is 1. The van der Waals surface area contributed by atoms with Crippen LogP contribution in [0.1, 0.15) is 10.4 Å². The van der Waals surface area contributed by atoms with Crippen molar-refractivity contribution in [3.8, 4) is 0 Å². The van der Waals surface area contributed by atoms with Gasteiger partial charge in [0.25, 0.3) is 0 Å². The number of likely N-dealkylation sites (N-methyl/N-ethyl adjacent to an activating group) is 1. The lowest BCUT2D eigenvalue weighted by atomic mass is 10.2. The van der Waals surface area contributed by atoms with Crippen molar-refractivity contribution in [3.63, 3.8) is 0 Å². The molecule has 1 amide bonds. The van der Waals surface area contributed by atoms with E-state index in [-0.39, 0.29) is 0 Å². The fourth-order valence-electron chi connectivity index (χ4n) is 1.80. The maximum absolute atomic E-state index is 11.0. The number of carbonyl (C=O) groups is 1. The number of hydrogen-bond acceptors (Lipinski definition) is 4. The molecule has 2 heterocycles. The molecule has 2 rings (SSSR count). The maximum Gasteiger partial charge on any atom is 0.250 e. The number of piperazine rings is 1. The lowest BCUT2D eigenvalue weighted by Crippen LogP contribution is -2.44. The van der Waals surface area contributed by atoms with E-state index in [1.54, 1.807) is 12.3 Å². The van der Waals surface area contributed by atoms with Crippen LogP contribution in [0.5, 0.6) is 0 Å². The Labute approximate surface area is 94.9 Å². The first-order chi connectivity index (χ1) is 7.66. The summed E-state index contributed by atoms with van der Waals surface area (Å²) in [7, 11) is 2.11. The molecule has 86 valence electrons. The zero-order chi connectivity index (χ0) is 11.5. The van der Waals surface area contributed by atoms with Crippen molar-refractivity contribution < 1.29 is 4.79 Å². The highest BCUT2D eigenvalue weighted by atomic mass is 16.1. The predicted molar refractivity (Wildman–Crippen MR) is 62.5 cm³/mol. The molecule has 1 aliphatic rings. The molecule has 0 aliphatic carbocycles. The number of hydrogen-bond donors (Lipinski definition) is 1. The molecular weight excluding hydrogens is 204 g/mol. The van der Waals surface area contributed by atoms with E-state index in [1.165, 1.54) is 6.20 Å². The van der Waals surface area contributed by atoms with Crippen LogP contribution in [-0.2, 0) is 0 Å². The Morgan fingerprint density at radius 3 is 2.62 bits per heavy atom. The van der Waals surface area contributed by atoms with Crippen LogP contribution in [-0.4, -0.2) is 49.0 Å². The average molecular weight is 220 g/mol. The Balaban J connectivity index is 2.14. The van der Waals surface area contributed by atoms with Crippen molar-refractivity contribution in [2.75, 3.05) is 38.1 Å². The fourth-order valence-corrected chi connectivity index (χ4v) is 1.80. The Hall–Kier alpha value is -1.62. The van der Waals surface area contributed by atoms with Crippen molar-refractivity contribution in [1.29, 1.82) is 0 Å². The first-order valence-corrected chi connectivity index (χ1v) is 5.35. The molecular formula is C11H16N4O. The van der Waals surface area contributed by atoms with Gasteiger partial charge in [0.2, 0.25) is 5.91 Å². The molecule has 1 saturated heterocycles.